The Morgan fingerprint density at radius 2 is 2.23 bits per heavy atom. The van der Waals surface area contributed by atoms with E-state index >= 15 is 0 Å². The minimum atomic E-state index is -0.0489. The summed E-state index contributed by atoms with van der Waals surface area (Å²) in [4.78, 5) is 20.1. The fourth-order valence-corrected chi connectivity index (χ4v) is 3.88. The van der Waals surface area contributed by atoms with Crippen LogP contribution < -0.4 is 5.32 Å². The van der Waals surface area contributed by atoms with E-state index in [-0.39, 0.29) is 11.9 Å². The van der Waals surface area contributed by atoms with Crippen LogP contribution in [0.2, 0.25) is 0 Å². The third-order valence-corrected chi connectivity index (χ3v) is 5.33. The van der Waals surface area contributed by atoms with Gasteiger partial charge in [0.2, 0.25) is 5.91 Å². The summed E-state index contributed by atoms with van der Waals surface area (Å²) in [6.07, 6.45) is 2.58. The number of hydrogen-bond donors (Lipinski definition) is 1. The lowest BCUT2D eigenvalue weighted by Crippen LogP contribution is -2.44. The lowest BCUT2D eigenvalue weighted by molar-refractivity contribution is -0.124. The van der Waals surface area contributed by atoms with Crippen LogP contribution >= 0.6 is 22.7 Å². The van der Waals surface area contributed by atoms with Gasteiger partial charge in [-0.3, -0.25) is 9.69 Å². The second-order valence-electron chi connectivity index (χ2n) is 5.16. The van der Waals surface area contributed by atoms with Gasteiger partial charge in [-0.25, -0.2) is 4.98 Å². The third kappa shape index (κ3) is 4.36. The van der Waals surface area contributed by atoms with Crippen molar-refractivity contribution in [1.29, 1.82) is 0 Å². The molecule has 2 aromatic heterocycles. The minimum absolute atomic E-state index is 0.0489. The molecule has 1 saturated heterocycles. The van der Waals surface area contributed by atoms with Gasteiger partial charge in [0, 0.05) is 36.0 Å². The van der Waals surface area contributed by atoms with Gasteiger partial charge in [0.05, 0.1) is 25.8 Å². The highest BCUT2D eigenvalue weighted by Gasteiger charge is 2.20. The molecule has 1 aliphatic rings. The monoisotopic (exact) mass is 337 g/mol. The van der Waals surface area contributed by atoms with Crippen LogP contribution in [-0.4, -0.2) is 48.6 Å². The molecule has 118 valence electrons. The second-order valence-corrected chi connectivity index (χ2v) is 7.12. The first kappa shape index (κ1) is 15.6. The molecule has 3 heterocycles. The number of carbonyl (C=O) groups is 1. The van der Waals surface area contributed by atoms with Gasteiger partial charge >= 0.3 is 0 Å². The van der Waals surface area contributed by atoms with E-state index in [0.29, 0.717) is 19.8 Å². The first-order chi connectivity index (χ1) is 10.8. The van der Waals surface area contributed by atoms with E-state index in [2.05, 4.69) is 26.6 Å². The third-order valence-electron chi connectivity index (χ3n) is 3.54. The molecule has 1 fully saturated rings. The summed E-state index contributed by atoms with van der Waals surface area (Å²) >= 11 is 3.30. The van der Waals surface area contributed by atoms with Crippen molar-refractivity contribution in [3.8, 4) is 0 Å². The Kier molecular flexibility index (Phi) is 5.55. The molecule has 1 N–H and O–H groups in total. The molecule has 5 nitrogen and oxygen atoms in total. The minimum Gasteiger partial charge on any atom is -0.379 e. The average Bonchev–Trinajstić information content (AvgIpc) is 3.21. The first-order valence-corrected chi connectivity index (χ1v) is 9.08. The van der Waals surface area contributed by atoms with E-state index in [0.717, 1.165) is 24.5 Å². The molecule has 3 rings (SSSR count). The number of nitrogens with one attached hydrogen (secondary N) is 1. The van der Waals surface area contributed by atoms with Crippen LogP contribution in [0.5, 0.6) is 0 Å². The smallest absolute Gasteiger partial charge is 0.234 e. The van der Waals surface area contributed by atoms with E-state index in [9.17, 15) is 4.79 Å². The summed E-state index contributed by atoms with van der Waals surface area (Å²) in [5.74, 6) is 0.0543. The van der Waals surface area contributed by atoms with E-state index in [1.807, 2.05) is 11.4 Å². The largest absolute Gasteiger partial charge is 0.379 e. The molecule has 0 bridgehead atoms. The maximum Gasteiger partial charge on any atom is 0.234 e. The Balaban J connectivity index is 1.60. The highest BCUT2D eigenvalue weighted by molar-refractivity contribution is 7.10. The van der Waals surface area contributed by atoms with Crippen molar-refractivity contribution >= 4 is 28.6 Å². The quantitative estimate of drug-likeness (QED) is 0.875. The van der Waals surface area contributed by atoms with Crippen molar-refractivity contribution in [1.82, 2.24) is 15.2 Å². The molecule has 0 saturated carbocycles. The zero-order chi connectivity index (χ0) is 15.2. The van der Waals surface area contributed by atoms with Gasteiger partial charge in [-0.1, -0.05) is 6.07 Å². The van der Waals surface area contributed by atoms with E-state index in [4.69, 9.17) is 4.74 Å². The Labute approximate surface area is 137 Å². The standard InChI is InChI=1S/C15H19N3O2S2/c19-14(11-18-4-6-20-7-5-18)17-13(15-16-3-9-22-15)10-12-2-1-8-21-12/h1-3,8-9,13H,4-7,10-11H2,(H,17,19). The molecule has 0 spiro atoms. The lowest BCUT2D eigenvalue weighted by Gasteiger charge is -2.26. The molecule has 2 aromatic rings. The molecule has 0 aromatic carbocycles. The number of amides is 1. The van der Waals surface area contributed by atoms with Gasteiger partial charge in [-0.15, -0.1) is 22.7 Å². The van der Waals surface area contributed by atoms with Crippen LogP contribution in [0.1, 0.15) is 15.9 Å². The van der Waals surface area contributed by atoms with Crippen molar-refractivity contribution in [2.45, 2.75) is 12.5 Å². The predicted octanol–water partition coefficient (Wildman–Crippen LogP) is 1.94. The van der Waals surface area contributed by atoms with Gasteiger partial charge in [0.15, 0.2) is 0 Å². The Morgan fingerprint density at radius 1 is 1.36 bits per heavy atom. The molecule has 1 unspecified atom stereocenters. The van der Waals surface area contributed by atoms with E-state index in [1.54, 1.807) is 28.9 Å². The topological polar surface area (TPSA) is 54.5 Å². The highest BCUT2D eigenvalue weighted by Crippen LogP contribution is 2.23. The molecule has 22 heavy (non-hydrogen) atoms. The summed E-state index contributed by atoms with van der Waals surface area (Å²) < 4.78 is 5.31. The number of morpholine rings is 1. The molecule has 7 heteroatoms. The molecular formula is C15H19N3O2S2. The maximum absolute atomic E-state index is 12.3. The van der Waals surface area contributed by atoms with Crippen LogP contribution in [0.4, 0.5) is 0 Å². The van der Waals surface area contributed by atoms with Crippen molar-refractivity contribution < 1.29 is 9.53 Å². The number of aromatic nitrogens is 1. The summed E-state index contributed by atoms with van der Waals surface area (Å²) in [5, 5.41) is 8.11. The molecule has 1 aliphatic heterocycles. The number of thiazole rings is 1. The normalized spacial score (nSPS) is 17.3. The van der Waals surface area contributed by atoms with Crippen LogP contribution in [0.25, 0.3) is 0 Å². The van der Waals surface area contributed by atoms with Gasteiger partial charge in [0.25, 0.3) is 0 Å². The van der Waals surface area contributed by atoms with Crippen LogP contribution in [0.3, 0.4) is 0 Å². The zero-order valence-corrected chi connectivity index (χ0v) is 13.9. The number of nitrogens with zero attached hydrogens (tertiary/aromatic N) is 2. The fourth-order valence-electron chi connectivity index (χ4n) is 2.44. The molecule has 0 aliphatic carbocycles. The van der Waals surface area contributed by atoms with E-state index in [1.165, 1.54) is 4.88 Å². The van der Waals surface area contributed by atoms with Crippen molar-refractivity contribution in [2.24, 2.45) is 0 Å². The Hall–Kier alpha value is -1.28. The van der Waals surface area contributed by atoms with Gasteiger partial charge < -0.3 is 10.1 Å². The van der Waals surface area contributed by atoms with E-state index < -0.39 is 0 Å². The average molecular weight is 337 g/mol. The Morgan fingerprint density at radius 3 is 2.91 bits per heavy atom. The molecular weight excluding hydrogens is 318 g/mol. The van der Waals surface area contributed by atoms with Gasteiger partial charge in [-0.05, 0) is 11.4 Å². The molecule has 1 atom stereocenters. The Bertz CT molecular complexity index is 566. The van der Waals surface area contributed by atoms with Crippen LogP contribution in [-0.2, 0) is 16.0 Å². The number of carbonyl (C=O) groups excluding carboxylic acids is 1. The molecule has 1 amide bonds. The summed E-state index contributed by atoms with van der Waals surface area (Å²) in [5.41, 5.74) is 0. The number of hydrogen-bond acceptors (Lipinski definition) is 6. The molecule has 0 radical (unpaired) electrons. The van der Waals surface area contributed by atoms with Crippen LogP contribution in [0, 0.1) is 0 Å². The summed E-state index contributed by atoms with van der Waals surface area (Å²) in [6.45, 7) is 3.48. The SMILES string of the molecule is O=C(CN1CCOCC1)NC(Cc1cccs1)c1nccs1. The van der Waals surface area contributed by atoms with Crippen LogP contribution in [0.15, 0.2) is 29.1 Å². The second kappa shape index (κ2) is 7.82. The number of rotatable bonds is 6. The zero-order valence-electron chi connectivity index (χ0n) is 12.2. The van der Waals surface area contributed by atoms with Gasteiger partial charge in [0.1, 0.15) is 5.01 Å². The van der Waals surface area contributed by atoms with Crippen molar-refractivity contribution in [3.05, 3.63) is 39.0 Å². The summed E-state index contributed by atoms with van der Waals surface area (Å²) in [7, 11) is 0. The number of ether oxygens (including phenoxy) is 1. The fraction of sp³-hybridized carbons (Fsp3) is 0.467. The number of thiophene rings is 1. The highest BCUT2D eigenvalue weighted by atomic mass is 32.1. The van der Waals surface area contributed by atoms with Crippen molar-refractivity contribution in [3.63, 3.8) is 0 Å². The lowest BCUT2D eigenvalue weighted by atomic mass is 10.2. The first-order valence-electron chi connectivity index (χ1n) is 7.32. The van der Waals surface area contributed by atoms with Gasteiger partial charge in [-0.2, -0.15) is 0 Å². The predicted molar refractivity (Wildman–Crippen MR) is 88.3 cm³/mol. The maximum atomic E-state index is 12.3. The van der Waals surface area contributed by atoms with Crippen molar-refractivity contribution in [2.75, 3.05) is 32.8 Å². The summed E-state index contributed by atoms with van der Waals surface area (Å²) in [6, 6.07) is 4.08.